The molecule has 3 aromatic carbocycles. The second-order valence-electron chi connectivity index (χ2n) is 8.97. The Kier molecular flexibility index (Phi) is 9.97. The normalized spacial score (nSPS) is 11.4. The Morgan fingerprint density at radius 2 is 1.18 bits per heavy atom. The van der Waals surface area contributed by atoms with E-state index < -0.39 is 9.03 Å². The van der Waals surface area contributed by atoms with Crippen molar-refractivity contribution in [3.8, 4) is 28.0 Å². The van der Waals surface area contributed by atoms with Crippen LogP contribution in [0.15, 0.2) is 54.6 Å². The van der Waals surface area contributed by atoms with Crippen LogP contribution in [0.2, 0.25) is 0 Å². The van der Waals surface area contributed by atoms with Gasteiger partial charge in [-0.2, -0.15) is 0 Å². The number of hydrogen-bond donors (Lipinski definition) is 1. The summed E-state index contributed by atoms with van der Waals surface area (Å²) in [5, 5.41) is 0. The summed E-state index contributed by atoms with van der Waals surface area (Å²) in [6.07, 6.45) is 9.62. The van der Waals surface area contributed by atoms with Crippen molar-refractivity contribution in [3.05, 3.63) is 76.9 Å². The molecule has 0 bridgehead atoms. The van der Waals surface area contributed by atoms with E-state index in [2.05, 4.69) is 70.2 Å². The van der Waals surface area contributed by atoms with Gasteiger partial charge in [-0.15, -0.1) is 0 Å². The van der Waals surface area contributed by atoms with E-state index in [0.717, 1.165) is 24.2 Å². The molecule has 0 amide bonds. The minimum atomic E-state index is -0.581. The zero-order chi connectivity index (χ0) is 23.6. The van der Waals surface area contributed by atoms with Gasteiger partial charge in [-0.05, 0) is 84.5 Å². The first-order valence-electron chi connectivity index (χ1n) is 12.5. The lowest BCUT2D eigenvalue weighted by atomic mass is 9.86. The van der Waals surface area contributed by atoms with Crippen LogP contribution in [0.5, 0.6) is 5.75 Å². The molecule has 0 radical (unpaired) electrons. The molecule has 0 saturated carbocycles. The average molecular weight is 463 g/mol. The van der Waals surface area contributed by atoms with Gasteiger partial charge in [0.1, 0.15) is 5.75 Å². The maximum absolute atomic E-state index is 9.64. The molecular formula is C30H39O2P. The van der Waals surface area contributed by atoms with Gasteiger partial charge in [0.15, 0.2) is 0 Å². The molecule has 0 fully saturated rings. The Bertz CT molecular complexity index is 1040. The molecule has 1 N–H and O–H groups in total. The lowest BCUT2D eigenvalue weighted by molar-refractivity contribution is 0.515. The highest BCUT2D eigenvalue weighted by atomic mass is 31.1. The van der Waals surface area contributed by atoms with Gasteiger partial charge in [-0.3, -0.25) is 0 Å². The third-order valence-corrected chi connectivity index (χ3v) is 7.04. The molecule has 0 aliphatic carbocycles. The fourth-order valence-electron chi connectivity index (χ4n) is 4.77. The summed E-state index contributed by atoms with van der Waals surface area (Å²) in [5.41, 5.74) is 10.2. The van der Waals surface area contributed by atoms with E-state index >= 15 is 0 Å². The zero-order valence-corrected chi connectivity index (χ0v) is 21.7. The van der Waals surface area contributed by atoms with Crippen LogP contribution >= 0.6 is 9.03 Å². The van der Waals surface area contributed by atoms with E-state index in [-0.39, 0.29) is 0 Å². The Balaban J connectivity index is 2.13. The molecule has 0 spiro atoms. The van der Waals surface area contributed by atoms with E-state index in [9.17, 15) is 4.89 Å². The van der Waals surface area contributed by atoms with Gasteiger partial charge in [0.05, 0.1) is 0 Å². The number of unbranched alkanes of at least 4 members (excludes halogenated alkanes) is 4. The van der Waals surface area contributed by atoms with Crippen molar-refractivity contribution in [1.29, 1.82) is 0 Å². The second-order valence-corrected chi connectivity index (χ2v) is 9.35. The molecule has 3 heteroatoms. The first kappa shape index (κ1) is 25.5. The van der Waals surface area contributed by atoms with Crippen molar-refractivity contribution < 1.29 is 9.42 Å². The molecule has 1 unspecified atom stereocenters. The first-order chi connectivity index (χ1) is 16.1. The van der Waals surface area contributed by atoms with E-state index in [1.165, 1.54) is 77.5 Å². The number of hydrogen-bond acceptors (Lipinski definition) is 2. The summed E-state index contributed by atoms with van der Waals surface area (Å²) in [4.78, 5) is 9.64. The van der Waals surface area contributed by atoms with Gasteiger partial charge >= 0.3 is 0 Å². The van der Waals surface area contributed by atoms with Crippen LogP contribution in [0.3, 0.4) is 0 Å². The lowest BCUT2D eigenvalue weighted by Gasteiger charge is -2.20. The van der Waals surface area contributed by atoms with E-state index in [1.54, 1.807) is 0 Å². The van der Waals surface area contributed by atoms with Crippen LogP contribution in [0.25, 0.3) is 22.3 Å². The lowest BCUT2D eigenvalue weighted by Crippen LogP contribution is -1.98. The number of rotatable bonds is 12. The molecule has 0 heterocycles. The molecule has 0 saturated heterocycles. The minimum absolute atomic E-state index is 0.581. The van der Waals surface area contributed by atoms with Gasteiger partial charge in [-0.1, -0.05) is 88.1 Å². The highest BCUT2D eigenvalue weighted by molar-refractivity contribution is 7.25. The maximum Gasteiger partial charge on any atom is 0.212 e. The number of benzene rings is 3. The topological polar surface area (TPSA) is 29.5 Å². The van der Waals surface area contributed by atoms with Crippen LogP contribution < -0.4 is 4.52 Å². The Hall–Kier alpha value is -2.15. The van der Waals surface area contributed by atoms with Gasteiger partial charge < -0.3 is 9.42 Å². The monoisotopic (exact) mass is 462 g/mol. The van der Waals surface area contributed by atoms with Crippen LogP contribution in [-0.2, 0) is 12.8 Å². The van der Waals surface area contributed by atoms with Crippen LogP contribution in [0, 0.1) is 13.8 Å². The summed E-state index contributed by atoms with van der Waals surface area (Å²) in [6, 6.07) is 19.5. The van der Waals surface area contributed by atoms with Crippen molar-refractivity contribution in [1.82, 2.24) is 0 Å². The predicted octanol–water partition coefficient (Wildman–Crippen LogP) is 8.98. The third kappa shape index (κ3) is 6.25. The summed E-state index contributed by atoms with van der Waals surface area (Å²) in [7, 11) is -0.581. The van der Waals surface area contributed by atoms with Gasteiger partial charge in [0.2, 0.25) is 9.03 Å². The Morgan fingerprint density at radius 3 is 1.76 bits per heavy atom. The molecule has 3 aromatic rings. The molecular weight excluding hydrogens is 423 g/mol. The summed E-state index contributed by atoms with van der Waals surface area (Å²) < 4.78 is 5.78. The van der Waals surface area contributed by atoms with E-state index in [1.807, 2.05) is 12.1 Å². The Labute approximate surface area is 202 Å². The summed E-state index contributed by atoms with van der Waals surface area (Å²) in [6.45, 7) is 8.97. The quantitative estimate of drug-likeness (QED) is 0.215. The number of aryl methyl sites for hydroxylation is 2. The van der Waals surface area contributed by atoms with Crippen molar-refractivity contribution in [2.24, 2.45) is 0 Å². The highest BCUT2D eigenvalue weighted by Gasteiger charge is 2.18. The molecule has 33 heavy (non-hydrogen) atoms. The fourth-order valence-corrected chi connectivity index (χ4v) is 5.04. The first-order valence-corrected chi connectivity index (χ1v) is 13.3. The third-order valence-electron chi connectivity index (χ3n) is 6.73. The van der Waals surface area contributed by atoms with Crippen molar-refractivity contribution in [3.63, 3.8) is 0 Å². The molecule has 0 aliphatic heterocycles. The van der Waals surface area contributed by atoms with Crippen molar-refractivity contribution in [2.45, 2.75) is 79.1 Å². The largest absolute Gasteiger partial charge is 0.449 e. The molecule has 2 nitrogen and oxygen atoms in total. The Morgan fingerprint density at radius 1 is 0.667 bits per heavy atom. The molecule has 1 atom stereocenters. The van der Waals surface area contributed by atoms with Gasteiger partial charge in [0.25, 0.3) is 0 Å². The smallest absolute Gasteiger partial charge is 0.212 e. The van der Waals surface area contributed by atoms with Crippen molar-refractivity contribution >= 4 is 9.03 Å². The van der Waals surface area contributed by atoms with Crippen LogP contribution in [-0.4, -0.2) is 4.89 Å². The van der Waals surface area contributed by atoms with Gasteiger partial charge in [0, 0.05) is 5.56 Å². The molecule has 3 rings (SSSR count). The SMILES string of the molecule is CCCCCc1cccc(-c2cccc(OPO)c2-c2cccc(CCCCC)c2C)c1C. The minimum Gasteiger partial charge on any atom is -0.449 e. The zero-order valence-electron chi connectivity index (χ0n) is 20.7. The second kappa shape index (κ2) is 12.9. The summed E-state index contributed by atoms with van der Waals surface area (Å²) in [5.74, 6) is 0.748. The summed E-state index contributed by atoms with van der Waals surface area (Å²) >= 11 is 0. The maximum atomic E-state index is 9.64. The van der Waals surface area contributed by atoms with Gasteiger partial charge in [-0.25, -0.2) is 0 Å². The van der Waals surface area contributed by atoms with Crippen LogP contribution in [0.4, 0.5) is 0 Å². The van der Waals surface area contributed by atoms with E-state index in [4.69, 9.17) is 4.52 Å². The molecule has 176 valence electrons. The van der Waals surface area contributed by atoms with E-state index in [0.29, 0.717) is 0 Å². The predicted molar refractivity (Wildman–Crippen MR) is 144 cm³/mol. The molecule has 0 aliphatic rings. The molecule has 0 aromatic heterocycles. The standard InChI is InChI=1S/C30H39O2P/c1-5-7-9-14-24-16-11-18-26(22(24)3)28-20-13-21-29(32-33-31)30(28)27-19-12-17-25(23(27)4)15-10-8-6-2/h11-13,16-21,31,33H,5-10,14-15H2,1-4H3. The van der Waals surface area contributed by atoms with Crippen LogP contribution in [0.1, 0.15) is 74.6 Å². The highest BCUT2D eigenvalue weighted by Crippen LogP contribution is 2.44. The fraction of sp³-hybridized carbons (Fsp3) is 0.400. The average Bonchev–Trinajstić information content (AvgIpc) is 2.82. The van der Waals surface area contributed by atoms with Crippen molar-refractivity contribution in [2.75, 3.05) is 0 Å².